The van der Waals surface area contributed by atoms with Gasteiger partial charge in [0.1, 0.15) is 0 Å². The zero-order chi connectivity index (χ0) is 16.3. The lowest BCUT2D eigenvalue weighted by Crippen LogP contribution is -2.47. The van der Waals surface area contributed by atoms with Gasteiger partial charge in [-0.05, 0) is 13.0 Å². The van der Waals surface area contributed by atoms with E-state index in [1.165, 1.54) is 11.9 Å². The van der Waals surface area contributed by atoms with Gasteiger partial charge in [-0.15, -0.1) is 0 Å². The summed E-state index contributed by atoms with van der Waals surface area (Å²) in [7, 11) is 1.31. The summed E-state index contributed by atoms with van der Waals surface area (Å²) in [6, 6.07) is -0.711. The lowest BCUT2D eigenvalue weighted by molar-refractivity contribution is -0.227. The highest BCUT2D eigenvalue weighted by atomic mass is 19.4. The van der Waals surface area contributed by atoms with Crippen LogP contribution in [-0.4, -0.2) is 60.8 Å². The van der Waals surface area contributed by atoms with Crippen LogP contribution in [0, 0.1) is 5.41 Å². The molecular formula is C11H16F3N3O4. The van der Waals surface area contributed by atoms with Crippen LogP contribution in [0.2, 0.25) is 0 Å². The summed E-state index contributed by atoms with van der Waals surface area (Å²) in [5.41, 5.74) is -2.79. The van der Waals surface area contributed by atoms with E-state index in [-0.39, 0.29) is 19.5 Å². The minimum absolute atomic E-state index is 0.0477. The smallest absolute Gasteiger partial charge is 0.406 e. The molecule has 0 aromatic carbocycles. The Morgan fingerprint density at radius 1 is 1.33 bits per heavy atom. The maximum absolute atomic E-state index is 12.9. The number of aliphatic carboxylic acids is 1. The molecule has 1 rings (SSSR count). The number of carbonyl (C=O) groups is 3. The Balaban J connectivity index is 2.56. The fourth-order valence-electron chi connectivity index (χ4n) is 2.12. The lowest BCUT2D eigenvalue weighted by Gasteiger charge is -2.27. The number of amides is 3. The summed E-state index contributed by atoms with van der Waals surface area (Å²) in [4.78, 5) is 34.4. The van der Waals surface area contributed by atoms with E-state index in [9.17, 15) is 27.6 Å². The van der Waals surface area contributed by atoms with Crippen molar-refractivity contribution in [3.8, 4) is 0 Å². The number of rotatable bonds is 4. The first-order chi connectivity index (χ1) is 9.62. The van der Waals surface area contributed by atoms with E-state index in [0.29, 0.717) is 0 Å². The Labute approximate surface area is 118 Å². The molecule has 1 saturated heterocycles. The Hall–Kier alpha value is -1.84. The van der Waals surface area contributed by atoms with E-state index in [1.807, 2.05) is 5.32 Å². The highest BCUT2D eigenvalue weighted by Crippen LogP contribution is 2.45. The lowest BCUT2D eigenvalue weighted by atomic mass is 9.86. The van der Waals surface area contributed by atoms with Crippen LogP contribution in [0.1, 0.15) is 12.8 Å². The fourth-order valence-corrected chi connectivity index (χ4v) is 2.12. The monoisotopic (exact) mass is 311 g/mol. The van der Waals surface area contributed by atoms with Crippen LogP contribution in [0.25, 0.3) is 0 Å². The van der Waals surface area contributed by atoms with Crippen molar-refractivity contribution in [2.75, 3.05) is 26.7 Å². The van der Waals surface area contributed by atoms with Gasteiger partial charge in [0.15, 0.2) is 5.41 Å². The van der Waals surface area contributed by atoms with Gasteiger partial charge in [0.25, 0.3) is 0 Å². The summed E-state index contributed by atoms with van der Waals surface area (Å²) in [5.74, 6) is -2.55. The van der Waals surface area contributed by atoms with Crippen molar-refractivity contribution in [1.29, 1.82) is 0 Å². The van der Waals surface area contributed by atoms with Gasteiger partial charge in [0, 0.05) is 26.6 Å². The van der Waals surface area contributed by atoms with Crippen molar-refractivity contribution in [3.05, 3.63) is 0 Å². The van der Waals surface area contributed by atoms with E-state index >= 15 is 0 Å². The van der Waals surface area contributed by atoms with Gasteiger partial charge >= 0.3 is 18.2 Å². The SMILES string of the molecule is CNC(=O)NC(=O)CCN1CCC(C(=O)O)(C(F)(F)F)C1. The largest absolute Gasteiger partial charge is 0.481 e. The zero-order valence-corrected chi connectivity index (χ0v) is 11.3. The second-order valence-electron chi connectivity index (χ2n) is 4.79. The predicted molar refractivity (Wildman–Crippen MR) is 64.4 cm³/mol. The number of hydrogen-bond acceptors (Lipinski definition) is 4. The third-order valence-electron chi connectivity index (χ3n) is 3.44. The zero-order valence-electron chi connectivity index (χ0n) is 11.3. The quantitative estimate of drug-likeness (QED) is 0.687. The molecule has 7 nitrogen and oxygen atoms in total. The molecule has 0 aromatic rings. The molecule has 1 heterocycles. The molecule has 0 saturated carbocycles. The van der Waals surface area contributed by atoms with Crippen molar-refractivity contribution in [2.45, 2.75) is 19.0 Å². The molecule has 0 bridgehead atoms. The third-order valence-corrected chi connectivity index (χ3v) is 3.44. The Bertz CT molecular complexity index is 441. The van der Waals surface area contributed by atoms with Gasteiger partial charge in [0.2, 0.25) is 5.91 Å². The number of carbonyl (C=O) groups excluding carboxylic acids is 2. The van der Waals surface area contributed by atoms with Gasteiger partial charge < -0.3 is 15.3 Å². The van der Waals surface area contributed by atoms with E-state index in [2.05, 4.69) is 5.32 Å². The summed E-state index contributed by atoms with van der Waals surface area (Å²) in [5, 5.41) is 13.0. The summed E-state index contributed by atoms with van der Waals surface area (Å²) >= 11 is 0. The van der Waals surface area contributed by atoms with Gasteiger partial charge in [-0.2, -0.15) is 13.2 Å². The average molecular weight is 311 g/mol. The number of hydrogen-bond donors (Lipinski definition) is 3. The van der Waals surface area contributed by atoms with Crippen molar-refractivity contribution in [2.24, 2.45) is 5.41 Å². The predicted octanol–water partition coefficient (Wildman–Crippen LogP) is 0.171. The van der Waals surface area contributed by atoms with Crippen molar-refractivity contribution >= 4 is 17.9 Å². The normalized spacial score (nSPS) is 22.9. The van der Waals surface area contributed by atoms with Gasteiger partial charge in [-0.25, -0.2) is 4.79 Å². The van der Waals surface area contributed by atoms with Crippen LogP contribution >= 0.6 is 0 Å². The molecule has 0 aromatic heterocycles. The average Bonchev–Trinajstić information content (AvgIpc) is 2.81. The number of alkyl halides is 3. The molecule has 3 amide bonds. The number of likely N-dealkylation sites (tertiary alicyclic amines) is 1. The topological polar surface area (TPSA) is 98.7 Å². The minimum atomic E-state index is -4.85. The van der Waals surface area contributed by atoms with Crippen molar-refractivity contribution in [3.63, 3.8) is 0 Å². The second-order valence-corrected chi connectivity index (χ2v) is 4.79. The van der Waals surface area contributed by atoms with E-state index in [0.717, 1.165) is 0 Å². The Morgan fingerprint density at radius 2 is 1.95 bits per heavy atom. The molecule has 1 unspecified atom stereocenters. The van der Waals surface area contributed by atoms with E-state index < -0.39 is 42.5 Å². The minimum Gasteiger partial charge on any atom is -0.481 e. The maximum Gasteiger partial charge on any atom is 0.406 e. The highest BCUT2D eigenvalue weighted by molar-refractivity contribution is 5.94. The molecule has 3 N–H and O–H groups in total. The molecule has 1 fully saturated rings. The third kappa shape index (κ3) is 3.84. The van der Waals surface area contributed by atoms with Gasteiger partial charge in [-0.3, -0.25) is 14.9 Å². The molecular weight excluding hydrogens is 295 g/mol. The molecule has 21 heavy (non-hydrogen) atoms. The fraction of sp³-hybridized carbons (Fsp3) is 0.727. The van der Waals surface area contributed by atoms with E-state index in [1.54, 1.807) is 0 Å². The first-order valence-corrected chi connectivity index (χ1v) is 6.16. The number of nitrogens with zero attached hydrogens (tertiary/aromatic N) is 1. The van der Waals surface area contributed by atoms with Crippen LogP contribution in [0.15, 0.2) is 0 Å². The summed E-state index contributed by atoms with van der Waals surface area (Å²) in [6.45, 7) is -0.813. The number of imide groups is 1. The number of urea groups is 1. The molecule has 1 aliphatic rings. The molecule has 0 aliphatic carbocycles. The standard InChI is InChI=1S/C11H16F3N3O4/c1-15-9(21)16-7(18)2-4-17-5-3-10(6-17,8(19)20)11(12,13)14/h2-6H2,1H3,(H,19,20)(H2,15,16,18,21). The highest BCUT2D eigenvalue weighted by Gasteiger charge is 2.63. The Kier molecular flexibility index (Phi) is 5.15. The molecule has 1 atom stereocenters. The Morgan fingerprint density at radius 3 is 2.38 bits per heavy atom. The summed E-state index contributed by atoms with van der Waals surface area (Å²) < 4.78 is 38.8. The van der Waals surface area contributed by atoms with Crippen LogP contribution in [0.3, 0.4) is 0 Å². The van der Waals surface area contributed by atoms with Gasteiger partial charge in [-0.1, -0.05) is 0 Å². The van der Waals surface area contributed by atoms with Crippen LogP contribution < -0.4 is 10.6 Å². The van der Waals surface area contributed by atoms with Crippen molar-refractivity contribution in [1.82, 2.24) is 15.5 Å². The number of halogens is 3. The number of carboxylic acid groups (broad SMARTS) is 1. The molecule has 10 heteroatoms. The van der Waals surface area contributed by atoms with E-state index in [4.69, 9.17) is 5.11 Å². The first kappa shape index (κ1) is 17.2. The van der Waals surface area contributed by atoms with Gasteiger partial charge in [0.05, 0.1) is 0 Å². The van der Waals surface area contributed by atoms with Crippen molar-refractivity contribution < 1.29 is 32.7 Å². The van der Waals surface area contributed by atoms with Crippen LogP contribution in [0.4, 0.5) is 18.0 Å². The number of nitrogens with one attached hydrogen (secondary N) is 2. The maximum atomic E-state index is 12.9. The second kappa shape index (κ2) is 6.29. The molecule has 0 radical (unpaired) electrons. The van der Waals surface area contributed by atoms with Crippen LogP contribution in [0.5, 0.6) is 0 Å². The molecule has 120 valence electrons. The first-order valence-electron chi connectivity index (χ1n) is 6.16. The number of carboxylic acids is 1. The summed E-state index contributed by atoms with van der Waals surface area (Å²) in [6.07, 6.45) is -5.60. The molecule has 0 spiro atoms. The van der Waals surface area contributed by atoms with Crippen LogP contribution in [-0.2, 0) is 9.59 Å². The molecule has 1 aliphatic heterocycles.